The van der Waals surface area contributed by atoms with E-state index in [2.05, 4.69) is 9.71 Å². The lowest BCUT2D eigenvalue weighted by Crippen LogP contribution is -2.14. The highest BCUT2D eigenvalue weighted by Crippen LogP contribution is 2.22. The first-order chi connectivity index (χ1) is 8.88. The molecular formula is C11H7Cl2FN2O2S. The van der Waals surface area contributed by atoms with Gasteiger partial charge in [0.15, 0.2) is 0 Å². The zero-order valence-electron chi connectivity index (χ0n) is 9.27. The highest BCUT2D eigenvalue weighted by Gasteiger charge is 2.16. The van der Waals surface area contributed by atoms with Crippen molar-refractivity contribution in [3.63, 3.8) is 0 Å². The molecule has 0 atom stereocenters. The van der Waals surface area contributed by atoms with E-state index in [4.69, 9.17) is 23.2 Å². The third kappa shape index (κ3) is 3.34. The molecule has 0 amide bonds. The molecule has 0 saturated carbocycles. The zero-order valence-corrected chi connectivity index (χ0v) is 11.6. The fraction of sp³-hybridized carbons (Fsp3) is 0. The van der Waals surface area contributed by atoms with E-state index in [0.717, 1.165) is 12.1 Å². The molecule has 2 aromatic rings. The first-order valence-electron chi connectivity index (χ1n) is 4.98. The summed E-state index contributed by atoms with van der Waals surface area (Å²) in [7, 11) is -3.93. The molecule has 0 aliphatic heterocycles. The second kappa shape index (κ2) is 5.32. The van der Waals surface area contributed by atoms with Gasteiger partial charge in [-0.05, 0) is 30.3 Å². The normalized spacial score (nSPS) is 11.3. The lowest BCUT2D eigenvalue weighted by molar-refractivity contribution is 0.598. The van der Waals surface area contributed by atoms with Gasteiger partial charge >= 0.3 is 0 Å². The third-order valence-corrected chi connectivity index (χ3v) is 3.99. The maximum absolute atomic E-state index is 13.5. The maximum Gasteiger partial charge on any atom is 0.262 e. The average molecular weight is 321 g/mol. The second-order valence-corrected chi connectivity index (χ2v) is 6.05. The smallest absolute Gasteiger partial charge is 0.262 e. The predicted octanol–water partition coefficient (Wildman–Crippen LogP) is 3.33. The first-order valence-corrected chi connectivity index (χ1v) is 7.22. The summed E-state index contributed by atoms with van der Waals surface area (Å²) in [5, 5.41) is 0.201. The van der Waals surface area contributed by atoms with Crippen LogP contribution in [0.15, 0.2) is 41.4 Å². The molecule has 0 unspecified atom stereocenters. The van der Waals surface area contributed by atoms with Gasteiger partial charge in [-0.2, -0.15) is 0 Å². The number of hydrogen-bond acceptors (Lipinski definition) is 3. The summed E-state index contributed by atoms with van der Waals surface area (Å²) >= 11 is 11.2. The van der Waals surface area contributed by atoms with Gasteiger partial charge in [0.25, 0.3) is 10.0 Å². The highest BCUT2D eigenvalue weighted by atomic mass is 35.5. The van der Waals surface area contributed by atoms with Crippen molar-refractivity contribution < 1.29 is 12.8 Å². The van der Waals surface area contributed by atoms with Crippen LogP contribution in [0.1, 0.15) is 0 Å². The Morgan fingerprint density at radius 3 is 2.53 bits per heavy atom. The van der Waals surface area contributed by atoms with Gasteiger partial charge in [-0.3, -0.25) is 4.72 Å². The van der Waals surface area contributed by atoms with Crippen LogP contribution in [0.2, 0.25) is 10.2 Å². The van der Waals surface area contributed by atoms with E-state index in [1.54, 1.807) is 0 Å². The van der Waals surface area contributed by atoms with E-state index in [-0.39, 0.29) is 20.8 Å². The SMILES string of the molecule is O=S(=O)(Nc1ccc(Cl)cc1F)c1ccnc(Cl)c1. The van der Waals surface area contributed by atoms with Crippen LogP contribution < -0.4 is 4.72 Å². The standard InChI is InChI=1S/C11H7Cl2FN2O2S/c12-7-1-2-10(9(14)5-7)16-19(17,18)8-3-4-15-11(13)6-8/h1-6,16H. The summed E-state index contributed by atoms with van der Waals surface area (Å²) in [6, 6.07) is 6.04. The van der Waals surface area contributed by atoms with Gasteiger partial charge in [0.1, 0.15) is 11.0 Å². The summed E-state index contributed by atoms with van der Waals surface area (Å²) in [5.74, 6) is -0.767. The number of nitrogens with zero attached hydrogens (tertiary/aromatic N) is 1. The number of aromatic nitrogens is 1. The Hall–Kier alpha value is -1.37. The molecule has 4 nitrogen and oxygen atoms in total. The molecule has 100 valence electrons. The molecule has 0 aliphatic carbocycles. The summed E-state index contributed by atoms with van der Waals surface area (Å²) in [6.45, 7) is 0. The maximum atomic E-state index is 13.5. The number of pyridine rings is 1. The molecule has 0 radical (unpaired) electrons. The molecule has 0 spiro atoms. The topological polar surface area (TPSA) is 59.1 Å². The summed E-state index contributed by atoms with van der Waals surface area (Å²) in [4.78, 5) is 3.56. The second-order valence-electron chi connectivity index (χ2n) is 3.54. The zero-order chi connectivity index (χ0) is 14.0. The largest absolute Gasteiger partial charge is 0.277 e. The summed E-state index contributed by atoms with van der Waals surface area (Å²) in [6.07, 6.45) is 1.25. The number of rotatable bonds is 3. The Bertz CT molecular complexity index is 722. The van der Waals surface area contributed by atoms with E-state index >= 15 is 0 Å². The van der Waals surface area contributed by atoms with Gasteiger partial charge in [0.2, 0.25) is 0 Å². The van der Waals surface area contributed by atoms with Gasteiger partial charge in [-0.25, -0.2) is 17.8 Å². The number of halogens is 3. The van der Waals surface area contributed by atoms with Crippen molar-refractivity contribution in [3.8, 4) is 0 Å². The van der Waals surface area contributed by atoms with Crippen LogP contribution in [0, 0.1) is 5.82 Å². The summed E-state index contributed by atoms with van der Waals surface area (Å²) < 4.78 is 39.6. The molecule has 0 aliphatic rings. The van der Waals surface area contributed by atoms with Crippen LogP contribution in [0.3, 0.4) is 0 Å². The minimum absolute atomic E-state index is 0.0273. The molecule has 8 heteroatoms. The number of hydrogen-bond donors (Lipinski definition) is 1. The van der Waals surface area contributed by atoms with Gasteiger partial charge in [-0.1, -0.05) is 23.2 Å². The monoisotopic (exact) mass is 320 g/mol. The van der Waals surface area contributed by atoms with Gasteiger partial charge in [-0.15, -0.1) is 0 Å². The van der Waals surface area contributed by atoms with Gasteiger partial charge in [0.05, 0.1) is 10.6 Å². The summed E-state index contributed by atoms with van der Waals surface area (Å²) in [5.41, 5.74) is -0.197. The molecule has 0 saturated heterocycles. The van der Waals surface area contributed by atoms with Crippen molar-refractivity contribution in [2.24, 2.45) is 0 Å². The van der Waals surface area contributed by atoms with Crippen LogP contribution >= 0.6 is 23.2 Å². The van der Waals surface area contributed by atoms with Crippen LogP contribution in [0.25, 0.3) is 0 Å². The van der Waals surface area contributed by atoms with Gasteiger partial charge in [0, 0.05) is 11.2 Å². The van der Waals surface area contributed by atoms with E-state index < -0.39 is 15.8 Å². The lowest BCUT2D eigenvalue weighted by atomic mass is 10.3. The number of sulfonamides is 1. The van der Waals surface area contributed by atoms with Crippen molar-refractivity contribution in [1.29, 1.82) is 0 Å². The first kappa shape index (κ1) is 14.0. The van der Waals surface area contributed by atoms with Crippen LogP contribution in [-0.2, 0) is 10.0 Å². The van der Waals surface area contributed by atoms with E-state index in [1.165, 1.54) is 24.4 Å². The molecule has 0 bridgehead atoms. The molecule has 1 aromatic carbocycles. The number of nitrogens with one attached hydrogen (secondary N) is 1. The minimum Gasteiger partial charge on any atom is -0.277 e. The Kier molecular flexibility index (Phi) is 3.93. The third-order valence-electron chi connectivity index (χ3n) is 2.18. The number of anilines is 1. The van der Waals surface area contributed by atoms with Crippen molar-refractivity contribution in [1.82, 2.24) is 4.98 Å². The molecule has 2 rings (SSSR count). The predicted molar refractivity (Wildman–Crippen MR) is 71.5 cm³/mol. The van der Waals surface area contributed by atoms with Crippen LogP contribution in [0.4, 0.5) is 10.1 Å². The van der Waals surface area contributed by atoms with Crippen molar-refractivity contribution in [2.45, 2.75) is 4.90 Å². The quantitative estimate of drug-likeness (QED) is 0.882. The van der Waals surface area contributed by atoms with Crippen molar-refractivity contribution in [3.05, 3.63) is 52.5 Å². The molecule has 0 fully saturated rings. The molecule has 1 aromatic heterocycles. The molecule has 19 heavy (non-hydrogen) atoms. The van der Waals surface area contributed by atoms with E-state index in [9.17, 15) is 12.8 Å². The lowest BCUT2D eigenvalue weighted by Gasteiger charge is -2.09. The van der Waals surface area contributed by atoms with E-state index in [1.807, 2.05) is 0 Å². The molecule has 1 N–H and O–H groups in total. The number of benzene rings is 1. The Labute approximate surface area is 119 Å². The Morgan fingerprint density at radius 1 is 1.16 bits per heavy atom. The molecular weight excluding hydrogens is 314 g/mol. The van der Waals surface area contributed by atoms with Gasteiger partial charge < -0.3 is 0 Å². The van der Waals surface area contributed by atoms with Crippen molar-refractivity contribution >= 4 is 38.9 Å². The molecule has 1 heterocycles. The minimum atomic E-state index is -3.93. The van der Waals surface area contributed by atoms with E-state index in [0.29, 0.717) is 0 Å². The van der Waals surface area contributed by atoms with Crippen LogP contribution in [0.5, 0.6) is 0 Å². The van der Waals surface area contributed by atoms with Crippen LogP contribution in [-0.4, -0.2) is 13.4 Å². The van der Waals surface area contributed by atoms with Crippen molar-refractivity contribution in [2.75, 3.05) is 4.72 Å². The highest BCUT2D eigenvalue weighted by molar-refractivity contribution is 7.92. The Balaban J connectivity index is 2.36. The Morgan fingerprint density at radius 2 is 1.89 bits per heavy atom. The average Bonchev–Trinajstić information content (AvgIpc) is 2.33. The fourth-order valence-corrected chi connectivity index (χ4v) is 2.80. The fourth-order valence-electron chi connectivity index (χ4n) is 1.33.